The largest absolute Gasteiger partial charge is 0.494 e. The SMILES string of the molecule is CCCOc1ccc(N2C(=O)C[C@@H](SC(N)=N/N=C(C)\C=C\c3ccc(N(C)C)cc3)C2=O)cc1. The number of hydrogen-bond acceptors (Lipinski definition) is 7. The molecule has 0 saturated carbocycles. The zero-order valence-corrected chi connectivity index (χ0v) is 21.3. The van der Waals surface area contributed by atoms with Crippen molar-refractivity contribution in [1.82, 2.24) is 0 Å². The number of amides is 2. The zero-order chi connectivity index (χ0) is 25.4. The molecule has 2 N–H and O–H groups in total. The fraction of sp³-hybridized carbons (Fsp3) is 0.308. The van der Waals surface area contributed by atoms with Crippen molar-refractivity contribution in [2.75, 3.05) is 30.5 Å². The topological polar surface area (TPSA) is 101 Å². The molecule has 0 bridgehead atoms. The van der Waals surface area contributed by atoms with Gasteiger partial charge in [0.15, 0.2) is 5.17 Å². The minimum Gasteiger partial charge on any atom is -0.494 e. The highest BCUT2D eigenvalue weighted by Crippen LogP contribution is 2.30. The fourth-order valence-corrected chi connectivity index (χ4v) is 4.12. The van der Waals surface area contributed by atoms with Crippen LogP contribution >= 0.6 is 11.8 Å². The van der Waals surface area contributed by atoms with Crippen LogP contribution in [0.2, 0.25) is 0 Å². The second-order valence-corrected chi connectivity index (χ2v) is 9.44. The van der Waals surface area contributed by atoms with Crippen LogP contribution in [0.3, 0.4) is 0 Å². The summed E-state index contributed by atoms with van der Waals surface area (Å²) in [6.07, 6.45) is 4.73. The zero-order valence-electron chi connectivity index (χ0n) is 20.5. The second-order valence-electron chi connectivity index (χ2n) is 8.22. The lowest BCUT2D eigenvalue weighted by atomic mass is 10.2. The van der Waals surface area contributed by atoms with E-state index >= 15 is 0 Å². The van der Waals surface area contributed by atoms with Crippen molar-refractivity contribution in [3.8, 4) is 5.75 Å². The molecule has 35 heavy (non-hydrogen) atoms. The van der Waals surface area contributed by atoms with Crippen molar-refractivity contribution in [3.63, 3.8) is 0 Å². The van der Waals surface area contributed by atoms with Gasteiger partial charge in [-0.05, 0) is 61.4 Å². The molecule has 1 saturated heterocycles. The average molecular weight is 494 g/mol. The van der Waals surface area contributed by atoms with Gasteiger partial charge in [0.25, 0.3) is 0 Å². The van der Waals surface area contributed by atoms with Gasteiger partial charge in [0.05, 0.1) is 18.0 Å². The van der Waals surface area contributed by atoms with Crippen LogP contribution in [0.4, 0.5) is 11.4 Å². The number of nitrogens with zero attached hydrogens (tertiary/aromatic N) is 4. The van der Waals surface area contributed by atoms with Crippen molar-refractivity contribution in [2.24, 2.45) is 15.9 Å². The molecule has 8 nitrogen and oxygen atoms in total. The Morgan fingerprint density at radius 3 is 2.46 bits per heavy atom. The molecule has 0 spiro atoms. The number of carbonyl (C=O) groups is 2. The third-order valence-corrected chi connectivity index (χ3v) is 6.14. The number of amidine groups is 1. The van der Waals surface area contributed by atoms with Gasteiger partial charge < -0.3 is 15.4 Å². The van der Waals surface area contributed by atoms with Gasteiger partial charge in [-0.1, -0.05) is 36.9 Å². The van der Waals surface area contributed by atoms with Gasteiger partial charge in [0, 0.05) is 26.2 Å². The van der Waals surface area contributed by atoms with Crippen molar-refractivity contribution in [2.45, 2.75) is 31.9 Å². The molecule has 0 aliphatic carbocycles. The molecule has 184 valence electrons. The second kappa shape index (κ2) is 12.2. The summed E-state index contributed by atoms with van der Waals surface area (Å²) in [5.74, 6) is 0.109. The molecule has 0 radical (unpaired) electrons. The number of thioether (sulfide) groups is 1. The molecule has 1 atom stereocenters. The maximum Gasteiger partial charge on any atom is 0.247 e. The molecular weight excluding hydrogens is 462 g/mol. The lowest BCUT2D eigenvalue weighted by Crippen LogP contribution is -2.31. The summed E-state index contributed by atoms with van der Waals surface area (Å²) in [6.45, 7) is 4.45. The van der Waals surface area contributed by atoms with E-state index in [-0.39, 0.29) is 23.4 Å². The van der Waals surface area contributed by atoms with Crippen molar-refractivity contribution >= 4 is 51.9 Å². The minimum atomic E-state index is -0.636. The number of rotatable bonds is 9. The molecular formula is C26H31N5O3S. The van der Waals surface area contributed by atoms with E-state index in [4.69, 9.17) is 10.5 Å². The maximum absolute atomic E-state index is 12.9. The molecule has 2 aromatic carbocycles. The van der Waals surface area contributed by atoms with Crippen LogP contribution in [0.1, 0.15) is 32.3 Å². The van der Waals surface area contributed by atoms with Crippen LogP contribution in [0.15, 0.2) is 64.8 Å². The highest BCUT2D eigenvalue weighted by Gasteiger charge is 2.40. The van der Waals surface area contributed by atoms with Gasteiger partial charge in [0.1, 0.15) is 11.0 Å². The third-order valence-electron chi connectivity index (χ3n) is 5.17. The Hall–Kier alpha value is -3.59. The van der Waals surface area contributed by atoms with Crippen molar-refractivity contribution in [1.29, 1.82) is 0 Å². The molecule has 3 rings (SSSR count). The van der Waals surface area contributed by atoms with Crippen molar-refractivity contribution < 1.29 is 14.3 Å². The van der Waals surface area contributed by atoms with E-state index in [0.29, 0.717) is 23.8 Å². The Labute approximate surface area is 210 Å². The Morgan fingerprint density at radius 1 is 1.14 bits per heavy atom. The molecule has 0 unspecified atom stereocenters. The van der Waals surface area contributed by atoms with E-state index in [2.05, 4.69) is 10.2 Å². The lowest BCUT2D eigenvalue weighted by molar-refractivity contribution is -0.121. The number of ether oxygens (including phenoxy) is 1. The molecule has 1 fully saturated rings. The van der Waals surface area contributed by atoms with Crippen LogP contribution in [-0.2, 0) is 9.59 Å². The van der Waals surface area contributed by atoms with E-state index in [1.807, 2.05) is 69.3 Å². The van der Waals surface area contributed by atoms with E-state index in [0.717, 1.165) is 29.4 Å². The molecule has 2 amide bonds. The smallest absolute Gasteiger partial charge is 0.247 e. The standard InChI is InChI=1S/C26H31N5O3S/c1-5-16-34-22-14-12-21(13-15-22)31-24(32)17-23(25(31)33)35-26(27)29-28-18(2)6-7-19-8-10-20(11-9-19)30(3)4/h6-15,23H,5,16-17H2,1-4H3,(H2,27,29)/b7-6+,28-18-/t23-/m1/s1. The van der Waals surface area contributed by atoms with Gasteiger partial charge in [0.2, 0.25) is 11.8 Å². The first-order chi connectivity index (χ1) is 16.8. The summed E-state index contributed by atoms with van der Waals surface area (Å²) in [5, 5.41) is 7.64. The first-order valence-electron chi connectivity index (χ1n) is 11.4. The monoisotopic (exact) mass is 493 g/mol. The van der Waals surface area contributed by atoms with Crippen molar-refractivity contribution in [3.05, 3.63) is 60.2 Å². The minimum absolute atomic E-state index is 0.0549. The molecule has 1 aliphatic rings. The van der Waals surface area contributed by atoms with E-state index in [1.165, 1.54) is 4.90 Å². The maximum atomic E-state index is 12.9. The highest BCUT2D eigenvalue weighted by molar-refractivity contribution is 8.14. The molecule has 0 aromatic heterocycles. The predicted octanol–water partition coefficient (Wildman–Crippen LogP) is 4.31. The molecule has 2 aromatic rings. The van der Waals surface area contributed by atoms with E-state index < -0.39 is 5.25 Å². The van der Waals surface area contributed by atoms with Gasteiger partial charge in [-0.25, -0.2) is 4.90 Å². The van der Waals surface area contributed by atoms with Gasteiger partial charge in [-0.3, -0.25) is 9.59 Å². The number of imide groups is 1. The Morgan fingerprint density at radius 2 is 1.83 bits per heavy atom. The van der Waals surface area contributed by atoms with Crippen LogP contribution < -0.4 is 20.3 Å². The number of anilines is 2. The summed E-state index contributed by atoms with van der Waals surface area (Å²) < 4.78 is 5.56. The van der Waals surface area contributed by atoms with E-state index in [1.54, 1.807) is 24.3 Å². The average Bonchev–Trinajstić information content (AvgIpc) is 3.13. The molecule has 9 heteroatoms. The number of nitrogens with two attached hydrogens (primary N) is 1. The quantitative estimate of drug-likeness (QED) is 0.242. The first-order valence-corrected chi connectivity index (χ1v) is 12.3. The summed E-state index contributed by atoms with van der Waals surface area (Å²) in [5.41, 5.74) is 9.33. The fourth-order valence-electron chi connectivity index (χ4n) is 3.31. The Bertz CT molecular complexity index is 1120. The van der Waals surface area contributed by atoms with Crippen LogP contribution in [-0.4, -0.2) is 48.6 Å². The summed E-state index contributed by atoms with van der Waals surface area (Å²) in [6, 6.07) is 15.0. The summed E-state index contributed by atoms with van der Waals surface area (Å²) in [4.78, 5) is 28.6. The van der Waals surface area contributed by atoms with Gasteiger partial charge >= 0.3 is 0 Å². The van der Waals surface area contributed by atoms with Crippen LogP contribution in [0.25, 0.3) is 6.08 Å². The molecule has 1 aliphatic heterocycles. The number of allylic oxidation sites excluding steroid dienone is 1. The highest BCUT2D eigenvalue weighted by atomic mass is 32.2. The summed E-state index contributed by atoms with van der Waals surface area (Å²) in [7, 11) is 3.99. The first kappa shape index (κ1) is 26.0. The van der Waals surface area contributed by atoms with Crippen LogP contribution in [0, 0.1) is 0 Å². The number of carbonyl (C=O) groups excluding carboxylic acids is 2. The number of benzene rings is 2. The Kier molecular flexibility index (Phi) is 9.08. The third kappa shape index (κ3) is 7.19. The van der Waals surface area contributed by atoms with Gasteiger partial charge in [-0.15, -0.1) is 5.10 Å². The Balaban J connectivity index is 1.59. The number of hydrogen-bond donors (Lipinski definition) is 1. The lowest BCUT2D eigenvalue weighted by Gasteiger charge is -2.15. The van der Waals surface area contributed by atoms with Crippen LogP contribution in [0.5, 0.6) is 5.75 Å². The van der Waals surface area contributed by atoms with Gasteiger partial charge in [-0.2, -0.15) is 5.10 Å². The summed E-state index contributed by atoms with van der Waals surface area (Å²) >= 11 is 1.05. The van der Waals surface area contributed by atoms with E-state index in [9.17, 15) is 9.59 Å². The normalized spacial score (nSPS) is 16.9. The molecule has 1 heterocycles. The predicted molar refractivity (Wildman–Crippen MR) is 145 cm³/mol.